The van der Waals surface area contributed by atoms with Crippen molar-refractivity contribution in [2.45, 2.75) is 50.5 Å². The second-order valence-corrected chi connectivity index (χ2v) is 12.9. The topological polar surface area (TPSA) is 50.2 Å². The van der Waals surface area contributed by atoms with Gasteiger partial charge in [0.15, 0.2) is 0 Å². The van der Waals surface area contributed by atoms with Gasteiger partial charge < -0.3 is 10.2 Å². The highest BCUT2D eigenvalue weighted by atomic mass is 35.5. The molecule has 4 rings (SSSR count). The van der Waals surface area contributed by atoms with E-state index in [1.54, 1.807) is 17.7 Å². The summed E-state index contributed by atoms with van der Waals surface area (Å²) in [6.45, 7) is 9.02. The van der Waals surface area contributed by atoms with Crippen LogP contribution in [0.2, 0.25) is 0 Å². The number of halogens is 6. The van der Waals surface area contributed by atoms with Crippen LogP contribution < -0.4 is 10.2 Å². The van der Waals surface area contributed by atoms with Crippen molar-refractivity contribution in [2.24, 2.45) is 0 Å². The number of hydrogen-bond acceptors (Lipinski definition) is 3. The number of carbonyl (C=O) groups excluding carboxylic acids is 1. The first-order valence-corrected chi connectivity index (χ1v) is 15.5. The van der Waals surface area contributed by atoms with Crippen LogP contribution in [0.25, 0.3) is 6.20 Å². The van der Waals surface area contributed by atoms with Crippen LogP contribution >= 0.6 is 21.8 Å². The van der Waals surface area contributed by atoms with Crippen LogP contribution in [0, 0.1) is 6.92 Å². The highest BCUT2D eigenvalue weighted by molar-refractivity contribution is 8.45. The zero-order valence-corrected chi connectivity index (χ0v) is 24.3. The smallest absolute Gasteiger partial charge is 0.310 e. The molecule has 2 aromatic carbocycles. The van der Waals surface area contributed by atoms with E-state index >= 15 is 0 Å². The summed E-state index contributed by atoms with van der Waals surface area (Å²) in [5, 5.41) is 3.33. The predicted molar refractivity (Wildman–Crippen MR) is 156 cm³/mol. The second kappa shape index (κ2) is 10.8. The number of amides is 1. The van der Waals surface area contributed by atoms with Crippen LogP contribution in [0.1, 0.15) is 58.8 Å². The molecule has 1 fully saturated rings. The maximum absolute atomic E-state index is 13.1. The van der Waals surface area contributed by atoms with Crippen LogP contribution in [0.4, 0.5) is 25.1 Å². The van der Waals surface area contributed by atoms with E-state index in [-0.39, 0.29) is 11.8 Å². The minimum atomic E-state index is -9.67. The number of hydrogen-bond donors (Lipinski definition) is 1. The molecule has 0 saturated carbocycles. The molecular weight excluding hydrogens is 583 g/mol. The zero-order chi connectivity index (χ0) is 30.1. The van der Waals surface area contributed by atoms with Crippen molar-refractivity contribution < 1.29 is 24.2 Å². The molecule has 12 heteroatoms. The lowest BCUT2D eigenvalue weighted by Gasteiger charge is -2.40. The Hall–Kier alpha value is -3.31. The fourth-order valence-corrected chi connectivity index (χ4v) is 5.73. The van der Waals surface area contributed by atoms with Crippen LogP contribution in [-0.2, 0) is 13.0 Å². The monoisotopic (exact) mass is 614 g/mol. The number of nitrogens with one attached hydrogen (secondary N) is 1. The fourth-order valence-electron chi connectivity index (χ4n) is 4.98. The van der Waals surface area contributed by atoms with E-state index in [9.17, 15) is 24.2 Å². The largest absolute Gasteiger partial charge is 0.371 e. The standard InChI is InChI=1S/C29H32ClF5N4OS/c1-4-24(30)19-39-20(3)37-27(5-2)28(39)29(40)36-18-21-6-10-25(11-7-21)38-16-14-23(15-17-38)22-8-12-26(13-9-22)41(31,32,33,34)35/h4,6-13,19,23H,1,5,14-18H2,2-3H3,(H,36,40)/b24-19+. The van der Waals surface area contributed by atoms with Gasteiger partial charge in [-0.3, -0.25) is 9.36 Å². The summed E-state index contributed by atoms with van der Waals surface area (Å²) < 4.78 is 66.7. The molecule has 0 unspecified atom stereocenters. The van der Waals surface area contributed by atoms with Gasteiger partial charge in [-0.1, -0.05) is 68.8 Å². The van der Waals surface area contributed by atoms with Gasteiger partial charge in [-0.05, 0) is 73.6 Å². The number of benzene rings is 2. The number of aromatic nitrogens is 2. The number of carbonyl (C=O) groups is 1. The Morgan fingerprint density at radius 1 is 1.07 bits per heavy atom. The van der Waals surface area contributed by atoms with E-state index in [1.165, 1.54) is 18.2 Å². The molecule has 0 bridgehead atoms. The highest BCUT2D eigenvalue weighted by Gasteiger charge is 2.65. The molecule has 0 aliphatic carbocycles. The van der Waals surface area contributed by atoms with Gasteiger partial charge in [-0.25, -0.2) is 4.98 Å². The Labute approximate surface area is 241 Å². The molecule has 0 spiro atoms. The van der Waals surface area contributed by atoms with Crippen LogP contribution in [0.5, 0.6) is 0 Å². The molecule has 0 radical (unpaired) electrons. The third-order valence-corrected chi connectivity index (χ3v) is 8.62. The first-order valence-electron chi connectivity index (χ1n) is 13.1. The summed E-state index contributed by atoms with van der Waals surface area (Å²) in [7, 11) is -9.67. The van der Waals surface area contributed by atoms with Gasteiger partial charge in [0.05, 0.1) is 10.7 Å². The van der Waals surface area contributed by atoms with Crippen LogP contribution in [0.15, 0.2) is 71.1 Å². The molecule has 3 aromatic rings. The number of aryl methyl sites for hydroxylation is 2. The van der Waals surface area contributed by atoms with E-state index < -0.39 is 15.1 Å². The van der Waals surface area contributed by atoms with Crippen molar-refractivity contribution in [3.63, 3.8) is 0 Å². The lowest BCUT2D eigenvalue weighted by molar-refractivity contribution is 0.0943. The second-order valence-electron chi connectivity index (χ2n) is 10.0. The highest BCUT2D eigenvalue weighted by Crippen LogP contribution is 3.02. The predicted octanol–water partition coefficient (Wildman–Crippen LogP) is 8.95. The number of rotatable bonds is 9. The number of allylic oxidation sites excluding steroid dienone is 2. The van der Waals surface area contributed by atoms with Crippen molar-refractivity contribution in [2.75, 3.05) is 18.0 Å². The SMILES string of the molecule is C=C/C(Cl)=C\n1c(C)nc(CC)c1C(=O)NCc1ccc(N2CCC(c3ccc(S(F)(F)(F)(F)F)cc3)CC2)cc1. The Kier molecular flexibility index (Phi) is 8.09. The molecule has 2 heterocycles. The van der Waals surface area contributed by atoms with Gasteiger partial charge in [0.2, 0.25) is 0 Å². The van der Waals surface area contributed by atoms with Crippen molar-refractivity contribution in [3.05, 3.63) is 94.6 Å². The van der Waals surface area contributed by atoms with Crippen molar-refractivity contribution in [3.8, 4) is 0 Å². The molecule has 5 nitrogen and oxygen atoms in total. The fraction of sp³-hybridized carbons (Fsp3) is 0.310. The van der Waals surface area contributed by atoms with Gasteiger partial charge in [-0.2, -0.15) is 0 Å². The third-order valence-electron chi connectivity index (χ3n) is 7.20. The maximum Gasteiger partial charge on any atom is 0.310 e. The number of piperidine rings is 1. The summed E-state index contributed by atoms with van der Waals surface area (Å²) >= 11 is 6.12. The lowest BCUT2D eigenvalue weighted by Crippen LogP contribution is -2.32. The Morgan fingerprint density at radius 3 is 2.22 bits per heavy atom. The summed E-state index contributed by atoms with van der Waals surface area (Å²) in [5.41, 5.74) is 3.61. The Balaban J connectivity index is 1.35. The number of imidazole rings is 1. The molecule has 1 aliphatic heterocycles. The van der Waals surface area contributed by atoms with E-state index in [4.69, 9.17) is 11.6 Å². The van der Waals surface area contributed by atoms with Crippen molar-refractivity contribution in [1.82, 2.24) is 14.9 Å². The summed E-state index contributed by atoms with van der Waals surface area (Å²) in [4.78, 5) is 17.9. The van der Waals surface area contributed by atoms with Gasteiger partial charge in [-0.15, -0.1) is 0 Å². The molecule has 41 heavy (non-hydrogen) atoms. The van der Waals surface area contributed by atoms with Crippen molar-refractivity contribution >= 4 is 39.6 Å². The summed E-state index contributed by atoms with van der Waals surface area (Å²) in [6.07, 6.45) is 5.05. The van der Waals surface area contributed by atoms with Crippen LogP contribution in [0.3, 0.4) is 0 Å². The summed E-state index contributed by atoms with van der Waals surface area (Å²) in [5.74, 6) is 0.364. The van der Waals surface area contributed by atoms with E-state index in [1.807, 2.05) is 31.2 Å². The average molecular weight is 615 g/mol. The van der Waals surface area contributed by atoms with E-state index in [0.717, 1.165) is 11.3 Å². The van der Waals surface area contributed by atoms with E-state index in [0.29, 0.717) is 78.8 Å². The third kappa shape index (κ3) is 7.32. The molecule has 1 N–H and O–H groups in total. The van der Waals surface area contributed by atoms with E-state index in [2.05, 4.69) is 21.8 Å². The molecule has 1 aromatic heterocycles. The van der Waals surface area contributed by atoms with Crippen LogP contribution in [-0.4, -0.2) is 28.5 Å². The maximum atomic E-state index is 13.1. The minimum absolute atomic E-state index is 0.00500. The average Bonchev–Trinajstić information content (AvgIpc) is 3.25. The van der Waals surface area contributed by atoms with Crippen molar-refractivity contribution in [1.29, 1.82) is 0 Å². The quantitative estimate of drug-likeness (QED) is 0.193. The Morgan fingerprint density at radius 2 is 1.68 bits per heavy atom. The molecule has 222 valence electrons. The Bertz CT molecular complexity index is 1460. The summed E-state index contributed by atoms with van der Waals surface area (Å²) in [6, 6.07) is 11.1. The van der Waals surface area contributed by atoms with Gasteiger partial charge in [0, 0.05) is 31.5 Å². The zero-order valence-electron chi connectivity index (χ0n) is 22.7. The van der Waals surface area contributed by atoms with Gasteiger partial charge in [0.25, 0.3) is 5.91 Å². The molecule has 0 atom stereocenters. The molecule has 1 aliphatic rings. The number of nitrogens with zero attached hydrogens (tertiary/aromatic N) is 3. The number of anilines is 1. The molecular formula is C29H32ClF5N4OS. The lowest BCUT2D eigenvalue weighted by atomic mass is 9.89. The molecule has 1 saturated heterocycles. The molecule has 1 amide bonds. The van der Waals surface area contributed by atoms with Gasteiger partial charge in [0.1, 0.15) is 16.4 Å². The van der Waals surface area contributed by atoms with Gasteiger partial charge >= 0.3 is 10.2 Å². The minimum Gasteiger partial charge on any atom is -0.371 e. The first kappa shape index (κ1) is 30.6. The normalized spacial score (nSPS) is 16.7. The first-order chi connectivity index (χ1) is 19.1.